The van der Waals surface area contributed by atoms with Crippen LogP contribution in [0, 0.1) is 0 Å². The number of ether oxygens (including phenoxy) is 2. The highest BCUT2D eigenvalue weighted by Crippen LogP contribution is 2.45. The van der Waals surface area contributed by atoms with E-state index in [0.717, 1.165) is 22.9 Å². The van der Waals surface area contributed by atoms with Gasteiger partial charge in [-0.1, -0.05) is 17.7 Å². The van der Waals surface area contributed by atoms with Crippen molar-refractivity contribution < 1.29 is 9.47 Å². The van der Waals surface area contributed by atoms with Gasteiger partial charge in [-0.2, -0.15) is 0 Å². The molecule has 0 aliphatic carbocycles. The third kappa shape index (κ3) is 3.95. The molecule has 1 fully saturated rings. The molecule has 1 N–H and O–H groups in total. The van der Waals surface area contributed by atoms with Crippen LogP contribution in [0.3, 0.4) is 0 Å². The van der Waals surface area contributed by atoms with Crippen molar-refractivity contribution in [3.63, 3.8) is 0 Å². The SMILES string of the molecule is COc1ccc(OC)c(N2C(=S)NC(c3ccccn3)C2c2cccn2-c2ccc(Cl)cn2)c1. The van der Waals surface area contributed by atoms with Crippen LogP contribution in [0.15, 0.2) is 79.3 Å². The molecular formula is C25H22ClN5O2S. The van der Waals surface area contributed by atoms with Gasteiger partial charge in [0.25, 0.3) is 0 Å². The maximum Gasteiger partial charge on any atom is 0.174 e. The summed E-state index contributed by atoms with van der Waals surface area (Å²) in [6.45, 7) is 0. The molecule has 1 aliphatic rings. The monoisotopic (exact) mass is 491 g/mol. The molecule has 3 aromatic heterocycles. The molecule has 4 aromatic rings. The number of aromatic nitrogens is 3. The number of hydrogen-bond donors (Lipinski definition) is 1. The Morgan fingerprint density at radius 3 is 2.59 bits per heavy atom. The molecule has 2 unspecified atom stereocenters. The lowest BCUT2D eigenvalue weighted by Gasteiger charge is -2.30. The first kappa shape index (κ1) is 22.2. The summed E-state index contributed by atoms with van der Waals surface area (Å²) in [4.78, 5) is 11.2. The van der Waals surface area contributed by atoms with E-state index in [1.807, 2.05) is 65.4 Å². The normalized spacial score (nSPS) is 17.5. The number of hydrogen-bond acceptors (Lipinski definition) is 5. The molecule has 1 aromatic carbocycles. The van der Waals surface area contributed by atoms with Crippen molar-refractivity contribution in [1.29, 1.82) is 0 Å². The zero-order valence-corrected chi connectivity index (χ0v) is 20.1. The molecule has 0 spiro atoms. The van der Waals surface area contributed by atoms with Crippen molar-refractivity contribution in [3.8, 4) is 17.3 Å². The molecule has 0 bridgehead atoms. The second-order valence-corrected chi connectivity index (χ2v) is 8.50. The fraction of sp³-hybridized carbons (Fsp3) is 0.160. The van der Waals surface area contributed by atoms with Crippen LogP contribution < -0.4 is 19.7 Å². The number of benzene rings is 1. The third-order valence-corrected chi connectivity index (χ3v) is 6.32. The molecule has 0 saturated carbocycles. The Hall–Kier alpha value is -3.62. The van der Waals surface area contributed by atoms with Crippen molar-refractivity contribution in [2.75, 3.05) is 19.1 Å². The minimum Gasteiger partial charge on any atom is -0.497 e. The highest BCUT2D eigenvalue weighted by Gasteiger charge is 2.43. The van der Waals surface area contributed by atoms with Crippen LogP contribution in [-0.4, -0.2) is 33.9 Å². The van der Waals surface area contributed by atoms with Crippen LogP contribution in [0.1, 0.15) is 23.5 Å². The number of methoxy groups -OCH3 is 2. The van der Waals surface area contributed by atoms with Crippen molar-refractivity contribution in [2.45, 2.75) is 12.1 Å². The summed E-state index contributed by atoms with van der Waals surface area (Å²) in [6.07, 6.45) is 5.40. The molecule has 5 rings (SSSR count). The fourth-order valence-electron chi connectivity index (χ4n) is 4.25. The standard InChI is InChI=1S/C25H22ClN5O2S/c1-32-17-9-10-21(33-2)20(14-17)31-24(23(29-25(31)34)18-6-3-4-12-27-18)19-7-5-13-30(19)22-11-8-16(26)15-28-22/h3-15,23-24H,1-2H3,(H,29,34). The lowest BCUT2D eigenvalue weighted by atomic mass is 10.0. The van der Waals surface area contributed by atoms with Crippen molar-refractivity contribution >= 4 is 34.6 Å². The lowest BCUT2D eigenvalue weighted by Crippen LogP contribution is -2.30. The average molecular weight is 492 g/mol. The number of pyridine rings is 2. The summed E-state index contributed by atoms with van der Waals surface area (Å²) < 4.78 is 13.2. The van der Waals surface area contributed by atoms with E-state index in [-0.39, 0.29) is 12.1 Å². The minimum atomic E-state index is -0.254. The molecule has 34 heavy (non-hydrogen) atoms. The molecule has 0 radical (unpaired) electrons. The van der Waals surface area contributed by atoms with Gasteiger partial charge in [-0.05, 0) is 60.7 Å². The number of anilines is 1. The molecule has 0 amide bonds. The van der Waals surface area contributed by atoms with E-state index < -0.39 is 0 Å². The van der Waals surface area contributed by atoms with Crippen LogP contribution in [-0.2, 0) is 0 Å². The molecule has 9 heteroatoms. The van der Waals surface area contributed by atoms with Crippen LogP contribution >= 0.6 is 23.8 Å². The van der Waals surface area contributed by atoms with Gasteiger partial charge in [-0.15, -0.1) is 0 Å². The Kier molecular flexibility index (Phi) is 6.08. The second kappa shape index (κ2) is 9.32. The fourth-order valence-corrected chi connectivity index (χ4v) is 4.70. The minimum absolute atomic E-state index is 0.217. The van der Waals surface area contributed by atoms with E-state index in [9.17, 15) is 0 Å². The van der Waals surface area contributed by atoms with Crippen molar-refractivity contribution in [1.82, 2.24) is 19.9 Å². The van der Waals surface area contributed by atoms with Gasteiger partial charge < -0.3 is 24.3 Å². The van der Waals surface area contributed by atoms with Gasteiger partial charge in [0, 0.05) is 30.4 Å². The van der Waals surface area contributed by atoms with Crippen LogP contribution in [0.4, 0.5) is 5.69 Å². The number of nitrogens with one attached hydrogen (secondary N) is 1. The quantitative estimate of drug-likeness (QED) is 0.376. The Morgan fingerprint density at radius 1 is 1.00 bits per heavy atom. The summed E-state index contributed by atoms with van der Waals surface area (Å²) in [6, 6.07) is 18.8. The van der Waals surface area contributed by atoms with E-state index in [2.05, 4.69) is 26.3 Å². The van der Waals surface area contributed by atoms with E-state index in [1.165, 1.54) is 0 Å². The summed E-state index contributed by atoms with van der Waals surface area (Å²) >= 11 is 11.9. The number of nitrogens with zero attached hydrogens (tertiary/aromatic N) is 4. The maximum atomic E-state index is 6.09. The summed E-state index contributed by atoms with van der Waals surface area (Å²) in [5, 5.41) is 4.62. The molecule has 1 aliphatic heterocycles. The number of thiocarbonyl (C=S) groups is 1. The highest BCUT2D eigenvalue weighted by atomic mass is 35.5. The second-order valence-electron chi connectivity index (χ2n) is 7.67. The number of rotatable bonds is 6. The molecule has 172 valence electrons. The summed E-state index contributed by atoms with van der Waals surface area (Å²) in [5.41, 5.74) is 2.64. The molecule has 4 heterocycles. The molecular weight excluding hydrogens is 470 g/mol. The zero-order chi connectivity index (χ0) is 23.7. The van der Waals surface area contributed by atoms with Gasteiger partial charge in [0.1, 0.15) is 23.4 Å². The largest absolute Gasteiger partial charge is 0.497 e. The first-order chi connectivity index (χ1) is 16.6. The van der Waals surface area contributed by atoms with Gasteiger partial charge in [0.05, 0.1) is 36.7 Å². The van der Waals surface area contributed by atoms with Gasteiger partial charge in [-0.3, -0.25) is 4.98 Å². The Balaban J connectivity index is 1.70. The van der Waals surface area contributed by atoms with Crippen LogP contribution in [0.5, 0.6) is 11.5 Å². The molecule has 1 saturated heterocycles. The van der Waals surface area contributed by atoms with Gasteiger partial charge in [-0.25, -0.2) is 4.98 Å². The number of halogens is 1. The summed E-state index contributed by atoms with van der Waals surface area (Å²) in [7, 11) is 3.28. The van der Waals surface area contributed by atoms with E-state index in [1.54, 1.807) is 26.6 Å². The topological polar surface area (TPSA) is 64.4 Å². The highest BCUT2D eigenvalue weighted by molar-refractivity contribution is 7.80. The predicted molar refractivity (Wildman–Crippen MR) is 136 cm³/mol. The lowest BCUT2D eigenvalue weighted by molar-refractivity contribution is 0.402. The molecule has 2 atom stereocenters. The van der Waals surface area contributed by atoms with E-state index >= 15 is 0 Å². The zero-order valence-electron chi connectivity index (χ0n) is 18.6. The van der Waals surface area contributed by atoms with Gasteiger partial charge >= 0.3 is 0 Å². The summed E-state index contributed by atoms with van der Waals surface area (Å²) in [5.74, 6) is 2.13. The third-order valence-electron chi connectivity index (χ3n) is 5.79. The van der Waals surface area contributed by atoms with Crippen molar-refractivity contribution in [3.05, 3.63) is 95.7 Å². The maximum absolute atomic E-state index is 6.09. The van der Waals surface area contributed by atoms with Crippen LogP contribution in [0.25, 0.3) is 5.82 Å². The Morgan fingerprint density at radius 2 is 1.88 bits per heavy atom. The first-order valence-corrected chi connectivity index (χ1v) is 11.4. The van der Waals surface area contributed by atoms with E-state index in [0.29, 0.717) is 21.6 Å². The Labute approximate surface area is 207 Å². The molecule has 7 nitrogen and oxygen atoms in total. The van der Waals surface area contributed by atoms with Crippen LogP contribution in [0.2, 0.25) is 5.02 Å². The van der Waals surface area contributed by atoms with Crippen molar-refractivity contribution in [2.24, 2.45) is 0 Å². The average Bonchev–Trinajstić information content (AvgIpc) is 3.49. The first-order valence-electron chi connectivity index (χ1n) is 10.6. The van der Waals surface area contributed by atoms with Gasteiger partial charge in [0.2, 0.25) is 0 Å². The smallest absolute Gasteiger partial charge is 0.174 e. The van der Waals surface area contributed by atoms with Gasteiger partial charge in [0.15, 0.2) is 5.11 Å². The Bertz CT molecular complexity index is 1310. The van der Waals surface area contributed by atoms with E-state index in [4.69, 9.17) is 33.3 Å². The predicted octanol–water partition coefficient (Wildman–Crippen LogP) is 5.12.